The third kappa shape index (κ3) is 7.49. The smallest absolute Gasteiger partial charge is 0.0781 e. The van der Waals surface area contributed by atoms with Crippen molar-refractivity contribution in [1.82, 2.24) is 0 Å². The summed E-state index contributed by atoms with van der Waals surface area (Å²) in [5.74, 6) is 13.8. The highest BCUT2D eigenvalue weighted by Gasteiger charge is 2.09. The molecule has 2 heterocycles. The van der Waals surface area contributed by atoms with Gasteiger partial charge in [0.1, 0.15) is 0 Å². The summed E-state index contributed by atoms with van der Waals surface area (Å²) in [6.45, 7) is 4.54. The van der Waals surface area contributed by atoms with Gasteiger partial charge in [0.2, 0.25) is 0 Å². The number of fused-ring (bicyclic) bond motifs is 5. The zero-order chi connectivity index (χ0) is 27.6. The zero-order valence-electron chi connectivity index (χ0n) is 24.3. The molecule has 5 rings (SSSR count). The van der Waals surface area contributed by atoms with Gasteiger partial charge in [-0.1, -0.05) is 114 Å². The van der Waals surface area contributed by atoms with E-state index in [4.69, 9.17) is 0 Å². The molecule has 0 aliphatic rings. The van der Waals surface area contributed by atoms with E-state index in [2.05, 4.69) is 86.1 Å². The first-order chi connectivity index (χ1) is 19.7. The van der Waals surface area contributed by atoms with E-state index in [1.54, 1.807) is 0 Å². The summed E-state index contributed by atoms with van der Waals surface area (Å²) in [5, 5.41) is 7.89. The Kier molecular flexibility index (Phi) is 10.6. The average Bonchev–Trinajstić information content (AvgIpc) is 3.55. The van der Waals surface area contributed by atoms with Crippen LogP contribution in [0.25, 0.3) is 41.7 Å². The van der Waals surface area contributed by atoms with Gasteiger partial charge in [0.05, 0.1) is 9.75 Å². The van der Waals surface area contributed by atoms with Gasteiger partial charge in [-0.15, -0.1) is 22.7 Å². The Hall–Kier alpha value is -2.78. The Labute approximate surface area is 249 Å². The predicted molar refractivity (Wildman–Crippen MR) is 182 cm³/mol. The first-order valence-corrected chi connectivity index (χ1v) is 17.2. The van der Waals surface area contributed by atoms with Gasteiger partial charge in [0.15, 0.2) is 0 Å². The fourth-order valence-corrected chi connectivity index (χ4v) is 7.47. The number of thiophene rings is 2. The standard InChI is InChI=1S/C38H42S2/c1-3-5-7-9-11-13-15-17-19-33-23-31-25-35-29(27-37(31)39-33)21-22-30-28-38-32(26-36(30)35)24-34(40-38)20-18-16-14-12-10-8-6-4-2/h21-28H,3-16H2,1-2H3. The number of benzene rings is 3. The second-order valence-electron chi connectivity index (χ2n) is 11.1. The van der Waals surface area contributed by atoms with Crippen LogP contribution in [-0.4, -0.2) is 0 Å². The number of hydrogen-bond donors (Lipinski definition) is 0. The Morgan fingerprint density at radius 2 is 0.900 bits per heavy atom. The van der Waals surface area contributed by atoms with E-state index < -0.39 is 0 Å². The van der Waals surface area contributed by atoms with Crippen LogP contribution in [0.3, 0.4) is 0 Å². The van der Waals surface area contributed by atoms with E-state index >= 15 is 0 Å². The van der Waals surface area contributed by atoms with Crippen LogP contribution in [0, 0.1) is 23.7 Å². The van der Waals surface area contributed by atoms with Crippen LogP contribution < -0.4 is 0 Å². The maximum Gasteiger partial charge on any atom is 0.0781 e. The molecule has 0 unspecified atom stereocenters. The van der Waals surface area contributed by atoms with E-state index in [1.807, 2.05) is 22.7 Å². The highest BCUT2D eigenvalue weighted by molar-refractivity contribution is 7.20. The van der Waals surface area contributed by atoms with Crippen molar-refractivity contribution in [1.29, 1.82) is 0 Å². The molecular weight excluding hydrogens is 521 g/mol. The molecule has 0 amide bonds. The van der Waals surface area contributed by atoms with Crippen molar-refractivity contribution in [2.24, 2.45) is 0 Å². The van der Waals surface area contributed by atoms with E-state index in [0.29, 0.717) is 0 Å². The maximum absolute atomic E-state index is 3.45. The fourth-order valence-electron chi connectivity index (χ4n) is 5.54. The number of unbranched alkanes of at least 4 members (excludes halogenated alkanes) is 12. The maximum atomic E-state index is 3.45. The van der Waals surface area contributed by atoms with Gasteiger partial charge in [0.25, 0.3) is 0 Å². The molecule has 3 aromatic carbocycles. The van der Waals surface area contributed by atoms with Crippen LogP contribution in [0.5, 0.6) is 0 Å². The molecule has 0 saturated heterocycles. The summed E-state index contributed by atoms with van der Waals surface area (Å²) in [6.07, 6.45) is 17.9. The zero-order valence-corrected chi connectivity index (χ0v) is 26.0. The van der Waals surface area contributed by atoms with Crippen molar-refractivity contribution in [2.75, 3.05) is 0 Å². The summed E-state index contributed by atoms with van der Waals surface area (Å²) in [5.41, 5.74) is 0. The quantitative estimate of drug-likeness (QED) is 0.0806. The number of hydrogen-bond acceptors (Lipinski definition) is 2. The lowest BCUT2D eigenvalue weighted by molar-refractivity contribution is 0.614. The lowest BCUT2D eigenvalue weighted by atomic mass is 9.99. The second kappa shape index (κ2) is 14.7. The van der Waals surface area contributed by atoms with Gasteiger partial charge in [-0.25, -0.2) is 0 Å². The first kappa shape index (κ1) is 28.7. The average molecular weight is 563 g/mol. The summed E-state index contributed by atoms with van der Waals surface area (Å²) in [7, 11) is 0. The van der Waals surface area contributed by atoms with Crippen molar-refractivity contribution < 1.29 is 0 Å². The lowest BCUT2D eigenvalue weighted by Crippen LogP contribution is -1.78. The molecule has 2 aromatic heterocycles. The predicted octanol–water partition coefficient (Wildman–Crippen LogP) is 12.6. The van der Waals surface area contributed by atoms with E-state index in [9.17, 15) is 0 Å². The minimum absolute atomic E-state index is 1.01. The van der Waals surface area contributed by atoms with Gasteiger partial charge in [-0.05, 0) is 81.6 Å². The molecule has 0 atom stereocenters. The van der Waals surface area contributed by atoms with Gasteiger partial charge in [-0.3, -0.25) is 0 Å². The van der Waals surface area contributed by atoms with Gasteiger partial charge in [-0.2, -0.15) is 0 Å². The largest absolute Gasteiger partial charge is 0.127 e. The second-order valence-corrected chi connectivity index (χ2v) is 13.3. The van der Waals surface area contributed by atoms with Crippen molar-refractivity contribution in [3.05, 3.63) is 58.3 Å². The molecule has 0 aliphatic heterocycles. The summed E-state index contributed by atoms with van der Waals surface area (Å²) in [4.78, 5) is 2.37. The van der Waals surface area contributed by atoms with Crippen molar-refractivity contribution >= 4 is 64.4 Å². The Bertz CT molecular complexity index is 1560. The van der Waals surface area contributed by atoms with Gasteiger partial charge in [0, 0.05) is 22.2 Å². The van der Waals surface area contributed by atoms with Crippen molar-refractivity contribution in [2.45, 2.75) is 104 Å². The third-order valence-electron chi connectivity index (χ3n) is 7.84. The highest BCUT2D eigenvalue weighted by atomic mass is 32.1. The molecule has 206 valence electrons. The minimum atomic E-state index is 1.01. The molecule has 40 heavy (non-hydrogen) atoms. The van der Waals surface area contributed by atoms with E-state index in [-0.39, 0.29) is 0 Å². The summed E-state index contributed by atoms with van der Waals surface area (Å²) < 4.78 is 2.66. The Morgan fingerprint density at radius 3 is 1.35 bits per heavy atom. The van der Waals surface area contributed by atoms with Crippen LogP contribution in [0.15, 0.2) is 48.5 Å². The summed E-state index contributed by atoms with van der Waals surface area (Å²) >= 11 is 3.65. The molecule has 0 aliphatic carbocycles. The van der Waals surface area contributed by atoms with Crippen molar-refractivity contribution in [3.63, 3.8) is 0 Å². The van der Waals surface area contributed by atoms with Gasteiger partial charge >= 0.3 is 0 Å². The molecule has 0 bridgehead atoms. The molecule has 2 heteroatoms. The molecule has 5 aromatic rings. The molecule has 0 N–H and O–H groups in total. The monoisotopic (exact) mass is 562 g/mol. The third-order valence-corrected chi connectivity index (χ3v) is 9.87. The normalized spacial score (nSPS) is 11.2. The first-order valence-electron chi connectivity index (χ1n) is 15.6. The van der Waals surface area contributed by atoms with Crippen LogP contribution >= 0.6 is 22.7 Å². The van der Waals surface area contributed by atoms with Crippen molar-refractivity contribution in [3.8, 4) is 23.7 Å². The Morgan fingerprint density at radius 1 is 0.475 bits per heavy atom. The Balaban J connectivity index is 1.30. The van der Waals surface area contributed by atoms with E-state index in [0.717, 1.165) is 12.8 Å². The molecule has 0 spiro atoms. The van der Waals surface area contributed by atoms with Crippen LogP contribution in [-0.2, 0) is 0 Å². The molecule has 0 fully saturated rings. The topological polar surface area (TPSA) is 0 Å². The highest BCUT2D eigenvalue weighted by Crippen LogP contribution is 2.36. The molecule has 0 radical (unpaired) electrons. The molecule has 0 saturated carbocycles. The summed E-state index contributed by atoms with van der Waals surface area (Å²) in [6, 6.07) is 18.6. The SMILES string of the molecule is CCCCCCCCC#Cc1cc2cc3c(ccc4cc5sc(C#CCCCCCCCC)cc5cc43)cc2s1. The van der Waals surface area contributed by atoms with Crippen LogP contribution in [0.1, 0.15) is 113 Å². The minimum Gasteiger partial charge on any atom is -0.127 e. The molecule has 0 nitrogen and oxygen atoms in total. The van der Waals surface area contributed by atoms with E-state index in [1.165, 1.54) is 129 Å². The fraction of sp³-hybridized carbons (Fsp3) is 0.421. The van der Waals surface area contributed by atoms with Crippen LogP contribution in [0.2, 0.25) is 0 Å². The van der Waals surface area contributed by atoms with Crippen LogP contribution in [0.4, 0.5) is 0 Å². The van der Waals surface area contributed by atoms with Gasteiger partial charge < -0.3 is 0 Å². The number of rotatable bonds is 12. The molecular formula is C38H42S2. The lowest BCUT2D eigenvalue weighted by Gasteiger charge is -2.05.